The average Bonchev–Trinajstić information content (AvgIpc) is 3.87. The highest BCUT2D eigenvalue weighted by atomic mass is 32.1. The number of hydrogen-bond donors (Lipinski definition) is 0. The quantitative estimate of drug-likeness (QED) is 0.187. The van der Waals surface area contributed by atoms with Crippen LogP contribution in [0.1, 0.15) is 0 Å². The lowest BCUT2D eigenvalue weighted by Gasteiger charge is -2.09. The molecule has 0 saturated carbocycles. The summed E-state index contributed by atoms with van der Waals surface area (Å²) in [6.45, 7) is 0. The molecule has 5 nitrogen and oxygen atoms in total. The lowest BCUT2D eigenvalue weighted by Crippen LogP contribution is -2.00. The van der Waals surface area contributed by atoms with Crippen molar-refractivity contribution in [2.45, 2.75) is 0 Å². The number of fused-ring (bicyclic) bond motifs is 9. The van der Waals surface area contributed by atoms with Crippen LogP contribution in [-0.2, 0) is 0 Å². The van der Waals surface area contributed by atoms with E-state index >= 15 is 0 Å². The van der Waals surface area contributed by atoms with Crippen LogP contribution in [0.25, 0.3) is 104 Å². The van der Waals surface area contributed by atoms with E-state index in [1.807, 2.05) is 72.0 Å². The minimum atomic E-state index is 0.578. The smallest absolute Gasteiger partial charge is 0.167 e. The number of hydrogen-bond acceptors (Lipinski definition) is 5. The van der Waals surface area contributed by atoms with E-state index in [1.165, 1.54) is 42.0 Å². The average molecular weight is 671 g/mol. The summed E-state index contributed by atoms with van der Waals surface area (Å²) in [4.78, 5) is 15.2. The maximum Gasteiger partial charge on any atom is 0.167 e. The summed E-state index contributed by atoms with van der Waals surface area (Å²) in [7, 11) is 0. The van der Waals surface area contributed by atoms with Gasteiger partial charge in [0, 0.05) is 58.5 Å². The largest absolute Gasteiger partial charge is 0.455 e. The van der Waals surface area contributed by atoms with Crippen LogP contribution in [0.2, 0.25) is 0 Å². The summed E-state index contributed by atoms with van der Waals surface area (Å²) >= 11 is 1.81. The van der Waals surface area contributed by atoms with Crippen LogP contribution in [-0.4, -0.2) is 19.5 Å². The molecule has 0 saturated heterocycles. The molecule has 0 aliphatic heterocycles. The molecular formula is C45H26N4OS. The molecule has 0 fully saturated rings. The van der Waals surface area contributed by atoms with Gasteiger partial charge in [0.25, 0.3) is 0 Å². The van der Waals surface area contributed by atoms with Crippen molar-refractivity contribution >= 4 is 75.3 Å². The van der Waals surface area contributed by atoms with Gasteiger partial charge in [-0.1, -0.05) is 103 Å². The van der Waals surface area contributed by atoms with Crippen LogP contribution in [0.3, 0.4) is 0 Å². The summed E-state index contributed by atoms with van der Waals surface area (Å²) < 4.78 is 11.2. The highest BCUT2D eigenvalue weighted by molar-refractivity contribution is 7.25. The predicted octanol–water partition coefficient (Wildman–Crippen LogP) is 12.2. The Labute approximate surface area is 295 Å². The Morgan fingerprint density at radius 1 is 0.431 bits per heavy atom. The first-order valence-electron chi connectivity index (χ1n) is 16.9. The summed E-state index contributed by atoms with van der Waals surface area (Å²) in [5.74, 6) is 1.82. The number of furan rings is 1. The first kappa shape index (κ1) is 28.2. The first-order chi connectivity index (χ1) is 25.3. The molecule has 0 spiro atoms. The fraction of sp³-hybridized carbons (Fsp3) is 0. The van der Waals surface area contributed by atoms with Gasteiger partial charge in [-0.15, -0.1) is 11.3 Å². The van der Waals surface area contributed by atoms with Gasteiger partial charge in [-0.25, -0.2) is 15.0 Å². The maximum absolute atomic E-state index is 6.41. The Balaban J connectivity index is 1.08. The zero-order chi connectivity index (χ0) is 33.5. The summed E-state index contributed by atoms with van der Waals surface area (Å²) in [6, 6.07) is 55.0. The van der Waals surface area contributed by atoms with Crippen LogP contribution in [0, 0.1) is 0 Å². The van der Waals surface area contributed by atoms with Crippen molar-refractivity contribution in [2.75, 3.05) is 0 Å². The van der Waals surface area contributed by atoms with Crippen molar-refractivity contribution in [3.63, 3.8) is 0 Å². The third-order valence-electron chi connectivity index (χ3n) is 9.86. The molecule has 0 unspecified atom stereocenters. The van der Waals surface area contributed by atoms with E-state index in [-0.39, 0.29) is 0 Å². The molecule has 0 bridgehead atoms. The molecule has 0 atom stereocenters. The third kappa shape index (κ3) is 4.37. The second kappa shape index (κ2) is 10.9. The van der Waals surface area contributed by atoms with Gasteiger partial charge in [-0.2, -0.15) is 0 Å². The molecule has 6 heteroatoms. The topological polar surface area (TPSA) is 56.7 Å². The van der Waals surface area contributed by atoms with Gasteiger partial charge < -0.3 is 8.98 Å². The number of aromatic nitrogens is 4. The van der Waals surface area contributed by atoms with Crippen molar-refractivity contribution in [1.29, 1.82) is 0 Å². The number of thiophene rings is 1. The van der Waals surface area contributed by atoms with Crippen molar-refractivity contribution < 1.29 is 4.42 Å². The van der Waals surface area contributed by atoms with Crippen LogP contribution in [0.4, 0.5) is 0 Å². The second-order valence-electron chi connectivity index (χ2n) is 12.8. The van der Waals surface area contributed by atoms with Crippen LogP contribution >= 0.6 is 11.3 Å². The third-order valence-corrected chi connectivity index (χ3v) is 11.0. The highest BCUT2D eigenvalue weighted by Crippen LogP contribution is 2.40. The predicted molar refractivity (Wildman–Crippen MR) is 211 cm³/mol. The molecule has 0 N–H and O–H groups in total. The summed E-state index contributed by atoms with van der Waals surface area (Å²) in [5, 5.41) is 7.03. The normalized spacial score (nSPS) is 11.9. The summed E-state index contributed by atoms with van der Waals surface area (Å²) in [5.41, 5.74) is 7.89. The number of nitrogens with zero attached hydrogens (tertiary/aromatic N) is 4. The molecule has 11 aromatic rings. The molecule has 0 aliphatic carbocycles. The molecule has 4 aromatic heterocycles. The molecule has 238 valence electrons. The molecule has 51 heavy (non-hydrogen) atoms. The van der Waals surface area contributed by atoms with E-state index in [9.17, 15) is 0 Å². The van der Waals surface area contributed by atoms with Gasteiger partial charge in [-0.3, -0.25) is 0 Å². The lowest BCUT2D eigenvalue weighted by molar-refractivity contribution is 0.669. The van der Waals surface area contributed by atoms with E-state index < -0.39 is 0 Å². The molecule has 0 aliphatic rings. The van der Waals surface area contributed by atoms with Gasteiger partial charge in [0.15, 0.2) is 17.5 Å². The number of benzene rings is 7. The molecule has 0 amide bonds. The second-order valence-corrected chi connectivity index (χ2v) is 13.9. The van der Waals surface area contributed by atoms with E-state index in [4.69, 9.17) is 19.4 Å². The van der Waals surface area contributed by atoms with Crippen LogP contribution < -0.4 is 0 Å². The first-order valence-corrected chi connectivity index (χ1v) is 17.8. The fourth-order valence-corrected chi connectivity index (χ4v) is 8.63. The Bertz CT molecular complexity index is 3100. The zero-order valence-corrected chi connectivity index (χ0v) is 27.9. The SMILES string of the molecule is c1ccc(-c2nc(-c3ccc4sc5cc(-n6c7ccccc7c7ccccc76)ccc5c4c3)nc(-c3cccc4c3oc3ccccc34)n2)cc1. The Hall–Kier alpha value is -6.63. The minimum absolute atomic E-state index is 0.578. The van der Waals surface area contributed by atoms with Gasteiger partial charge in [-0.05, 0) is 54.6 Å². The number of para-hydroxylation sites is 4. The van der Waals surface area contributed by atoms with E-state index in [0.29, 0.717) is 17.5 Å². The highest BCUT2D eigenvalue weighted by Gasteiger charge is 2.19. The Kier molecular flexibility index (Phi) is 6.05. The van der Waals surface area contributed by atoms with E-state index in [0.717, 1.165) is 44.3 Å². The molecular weight excluding hydrogens is 645 g/mol. The van der Waals surface area contributed by atoms with Crippen LogP contribution in [0.15, 0.2) is 162 Å². The number of rotatable bonds is 4. The minimum Gasteiger partial charge on any atom is -0.455 e. The lowest BCUT2D eigenvalue weighted by atomic mass is 10.1. The monoisotopic (exact) mass is 670 g/mol. The van der Waals surface area contributed by atoms with Gasteiger partial charge in [0.05, 0.1) is 16.6 Å². The molecule has 11 rings (SSSR count). The van der Waals surface area contributed by atoms with Crippen LogP contribution in [0.5, 0.6) is 0 Å². The van der Waals surface area contributed by atoms with Crippen molar-refractivity contribution in [3.8, 4) is 39.9 Å². The fourth-order valence-electron chi connectivity index (χ4n) is 7.51. The van der Waals surface area contributed by atoms with E-state index in [2.05, 4.69) is 102 Å². The van der Waals surface area contributed by atoms with Gasteiger partial charge >= 0.3 is 0 Å². The molecule has 4 heterocycles. The van der Waals surface area contributed by atoms with E-state index in [1.54, 1.807) is 0 Å². The molecule has 7 aromatic carbocycles. The van der Waals surface area contributed by atoms with Crippen molar-refractivity contribution in [1.82, 2.24) is 19.5 Å². The Morgan fingerprint density at radius 2 is 1.10 bits per heavy atom. The zero-order valence-electron chi connectivity index (χ0n) is 27.1. The van der Waals surface area contributed by atoms with Crippen molar-refractivity contribution in [3.05, 3.63) is 158 Å². The van der Waals surface area contributed by atoms with Gasteiger partial charge in [0.1, 0.15) is 11.2 Å². The van der Waals surface area contributed by atoms with Crippen molar-refractivity contribution in [2.24, 2.45) is 0 Å². The maximum atomic E-state index is 6.41. The molecule has 0 radical (unpaired) electrons. The standard InChI is InChI=1S/C45H26N4OS/c1-2-11-27(12-3-1)43-46-44(48-45(47-43)35-17-10-16-34-32-15-6-9-20-39(32)50-42(34)35)28-21-24-40-36(25-28)33-23-22-29(26-41(33)51-40)49-37-18-7-4-13-30(37)31-14-5-8-19-38(31)49/h1-26H. The van der Waals surface area contributed by atoms with Gasteiger partial charge in [0.2, 0.25) is 0 Å². The summed E-state index contributed by atoms with van der Waals surface area (Å²) in [6.07, 6.45) is 0. The Morgan fingerprint density at radius 3 is 1.90 bits per heavy atom.